The van der Waals surface area contributed by atoms with E-state index in [4.69, 9.17) is 7.85 Å². The summed E-state index contributed by atoms with van der Waals surface area (Å²) in [5, 5.41) is 0. The second kappa shape index (κ2) is 5.00. The third kappa shape index (κ3) is 3.87. The first-order valence-corrected chi connectivity index (χ1v) is 3.87. The normalized spacial score (nSPS) is 12.9. The molecule has 0 fully saturated rings. The van der Waals surface area contributed by atoms with E-state index in [2.05, 4.69) is 20.4 Å². The molecule has 0 saturated heterocycles. The van der Waals surface area contributed by atoms with Crippen LogP contribution in [0.3, 0.4) is 0 Å². The molecule has 0 nitrogen and oxygen atoms in total. The zero-order valence-electron chi connectivity index (χ0n) is 7.59. The van der Waals surface area contributed by atoms with Gasteiger partial charge in [0.05, 0.1) is 0 Å². The van der Waals surface area contributed by atoms with Crippen molar-refractivity contribution in [3.63, 3.8) is 0 Å². The summed E-state index contributed by atoms with van der Waals surface area (Å²) in [6.45, 7) is 10.0. The number of hydrogen-bond acceptors (Lipinski definition) is 0. The second-order valence-electron chi connectivity index (χ2n) is 2.83. The lowest BCUT2D eigenvalue weighted by Gasteiger charge is -2.08. The summed E-state index contributed by atoms with van der Waals surface area (Å²) < 4.78 is 0. The quantitative estimate of drug-likeness (QED) is 0.424. The summed E-state index contributed by atoms with van der Waals surface area (Å²) in [4.78, 5) is 0. The SMILES string of the molecule is [B]/C(=C/C=C\C)C(=C)C(C)C. The molecule has 0 heterocycles. The fourth-order valence-corrected chi connectivity index (χ4v) is 0.640. The highest BCUT2D eigenvalue weighted by atomic mass is 14.0. The van der Waals surface area contributed by atoms with E-state index < -0.39 is 0 Å². The van der Waals surface area contributed by atoms with Crippen molar-refractivity contribution in [1.82, 2.24) is 0 Å². The molecule has 0 aliphatic rings. The van der Waals surface area contributed by atoms with Crippen LogP contribution < -0.4 is 0 Å². The lowest BCUT2D eigenvalue weighted by atomic mass is 9.83. The predicted octanol–water partition coefficient (Wildman–Crippen LogP) is 2.83. The van der Waals surface area contributed by atoms with Gasteiger partial charge in [-0.3, -0.25) is 0 Å². The average Bonchev–Trinajstić information content (AvgIpc) is 1.98. The van der Waals surface area contributed by atoms with Crippen LogP contribution in [-0.2, 0) is 0 Å². The van der Waals surface area contributed by atoms with Crippen LogP contribution in [0.15, 0.2) is 35.9 Å². The summed E-state index contributed by atoms with van der Waals surface area (Å²) in [6, 6.07) is 0. The minimum absolute atomic E-state index is 0.427. The van der Waals surface area contributed by atoms with Gasteiger partial charge in [0.1, 0.15) is 7.85 Å². The molecule has 0 aromatic heterocycles. The Morgan fingerprint density at radius 3 is 2.36 bits per heavy atom. The Morgan fingerprint density at radius 1 is 1.45 bits per heavy atom. The van der Waals surface area contributed by atoms with Gasteiger partial charge < -0.3 is 0 Å². The van der Waals surface area contributed by atoms with Crippen LogP contribution >= 0.6 is 0 Å². The zero-order chi connectivity index (χ0) is 8.85. The van der Waals surface area contributed by atoms with E-state index in [0.29, 0.717) is 5.92 Å². The van der Waals surface area contributed by atoms with Crippen molar-refractivity contribution in [1.29, 1.82) is 0 Å². The Labute approximate surface area is 71.1 Å². The van der Waals surface area contributed by atoms with Crippen molar-refractivity contribution in [2.24, 2.45) is 5.92 Å². The molecular weight excluding hydrogens is 131 g/mol. The van der Waals surface area contributed by atoms with Crippen LogP contribution in [0, 0.1) is 5.92 Å². The largest absolute Gasteiger partial charge is 0.114 e. The molecular formula is C10H15B. The highest BCUT2D eigenvalue weighted by Gasteiger charge is 1.99. The van der Waals surface area contributed by atoms with E-state index in [1.807, 2.05) is 25.2 Å². The Hall–Kier alpha value is -0.715. The summed E-state index contributed by atoms with van der Waals surface area (Å²) >= 11 is 0. The number of rotatable bonds is 3. The number of hydrogen-bond donors (Lipinski definition) is 0. The summed E-state index contributed by atoms with van der Waals surface area (Å²) in [7, 11) is 5.71. The molecule has 1 heteroatoms. The van der Waals surface area contributed by atoms with Crippen LogP contribution in [0.5, 0.6) is 0 Å². The van der Waals surface area contributed by atoms with Crippen LogP contribution in [0.4, 0.5) is 0 Å². The molecule has 0 rings (SSSR count). The first-order chi connectivity index (χ1) is 5.09. The third-order valence-electron chi connectivity index (χ3n) is 1.54. The van der Waals surface area contributed by atoms with Gasteiger partial charge in [0.2, 0.25) is 0 Å². The maximum atomic E-state index is 5.71. The van der Waals surface area contributed by atoms with Gasteiger partial charge in [-0.05, 0) is 12.8 Å². The molecule has 0 aromatic rings. The van der Waals surface area contributed by atoms with Crippen molar-refractivity contribution in [3.8, 4) is 0 Å². The van der Waals surface area contributed by atoms with E-state index in [0.717, 1.165) is 11.0 Å². The molecule has 58 valence electrons. The van der Waals surface area contributed by atoms with Crippen LogP contribution in [0.1, 0.15) is 20.8 Å². The monoisotopic (exact) mass is 146 g/mol. The van der Waals surface area contributed by atoms with Gasteiger partial charge >= 0.3 is 0 Å². The fraction of sp³-hybridized carbons (Fsp3) is 0.400. The summed E-state index contributed by atoms with van der Waals surface area (Å²) in [6.07, 6.45) is 5.74. The first kappa shape index (κ1) is 10.3. The molecule has 0 saturated carbocycles. The average molecular weight is 146 g/mol. The molecule has 0 atom stereocenters. The second-order valence-corrected chi connectivity index (χ2v) is 2.83. The maximum Gasteiger partial charge on any atom is 0.114 e. The van der Waals surface area contributed by atoms with Crippen molar-refractivity contribution < 1.29 is 0 Å². The van der Waals surface area contributed by atoms with E-state index in [1.165, 1.54) is 0 Å². The predicted molar refractivity (Wildman–Crippen MR) is 52.6 cm³/mol. The Bertz CT molecular complexity index is 185. The van der Waals surface area contributed by atoms with Crippen LogP contribution in [0.2, 0.25) is 0 Å². The van der Waals surface area contributed by atoms with Crippen molar-refractivity contribution in [3.05, 3.63) is 35.9 Å². The van der Waals surface area contributed by atoms with Gasteiger partial charge in [-0.1, -0.05) is 49.7 Å². The lowest BCUT2D eigenvalue weighted by molar-refractivity contribution is 0.791. The van der Waals surface area contributed by atoms with Gasteiger partial charge in [0.15, 0.2) is 0 Å². The van der Waals surface area contributed by atoms with E-state index in [9.17, 15) is 0 Å². The minimum Gasteiger partial charge on any atom is -0.0962 e. The molecule has 0 N–H and O–H groups in total. The van der Waals surface area contributed by atoms with E-state index >= 15 is 0 Å². The Kier molecular flexibility index (Phi) is 4.68. The number of allylic oxidation sites excluding steroid dienone is 5. The van der Waals surface area contributed by atoms with Gasteiger partial charge in [0.25, 0.3) is 0 Å². The first-order valence-electron chi connectivity index (χ1n) is 3.87. The molecule has 11 heavy (non-hydrogen) atoms. The van der Waals surface area contributed by atoms with Crippen molar-refractivity contribution in [2.45, 2.75) is 20.8 Å². The smallest absolute Gasteiger partial charge is 0.0962 e. The maximum absolute atomic E-state index is 5.71. The highest BCUT2D eigenvalue weighted by molar-refractivity contribution is 6.24. The standard InChI is InChI=1S/C10H15B/c1-5-6-7-10(11)9(4)8(2)3/h5-8H,4H2,1-3H3/b6-5-,10-7+. The summed E-state index contributed by atoms with van der Waals surface area (Å²) in [5.74, 6) is 0.427. The van der Waals surface area contributed by atoms with Crippen molar-refractivity contribution >= 4 is 7.85 Å². The lowest BCUT2D eigenvalue weighted by Crippen LogP contribution is -1.95. The molecule has 0 aliphatic heterocycles. The molecule has 0 aliphatic carbocycles. The highest BCUT2D eigenvalue weighted by Crippen LogP contribution is 2.13. The van der Waals surface area contributed by atoms with Gasteiger partial charge in [0, 0.05) is 0 Å². The minimum atomic E-state index is 0.427. The fourth-order valence-electron chi connectivity index (χ4n) is 0.640. The third-order valence-corrected chi connectivity index (χ3v) is 1.54. The molecule has 0 aromatic carbocycles. The topological polar surface area (TPSA) is 0 Å². The molecule has 0 unspecified atom stereocenters. The summed E-state index contributed by atoms with van der Waals surface area (Å²) in [5.41, 5.74) is 1.78. The van der Waals surface area contributed by atoms with Crippen molar-refractivity contribution in [2.75, 3.05) is 0 Å². The molecule has 0 spiro atoms. The van der Waals surface area contributed by atoms with E-state index in [-0.39, 0.29) is 0 Å². The van der Waals surface area contributed by atoms with E-state index in [1.54, 1.807) is 0 Å². The van der Waals surface area contributed by atoms with Gasteiger partial charge in [-0.2, -0.15) is 0 Å². The Morgan fingerprint density at radius 2 is 2.00 bits per heavy atom. The molecule has 0 bridgehead atoms. The molecule has 2 radical (unpaired) electrons. The molecule has 0 amide bonds. The van der Waals surface area contributed by atoms with Gasteiger partial charge in [-0.15, -0.1) is 0 Å². The van der Waals surface area contributed by atoms with Crippen LogP contribution in [-0.4, -0.2) is 7.85 Å². The van der Waals surface area contributed by atoms with Gasteiger partial charge in [-0.25, -0.2) is 0 Å². The van der Waals surface area contributed by atoms with Crippen LogP contribution in [0.25, 0.3) is 0 Å². The zero-order valence-corrected chi connectivity index (χ0v) is 7.59. The Balaban J connectivity index is 4.24.